The van der Waals surface area contributed by atoms with E-state index in [0.717, 1.165) is 12.1 Å². The largest absolute Gasteiger partial charge is 0.417 e. The van der Waals surface area contributed by atoms with E-state index >= 15 is 0 Å². The molecule has 0 radical (unpaired) electrons. The van der Waals surface area contributed by atoms with Gasteiger partial charge in [-0.25, -0.2) is 4.98 Å². The number of nitrogens with zero attached hydrogens (tertiary/aromatic N) is 1. The van der Waals surface area contributed by atoms with Crippen LogP contribution in [0.1, 0.15) is 15.9 Å². The molecule has 1 amide bonds. The predicted octanol–water partition coefficient (Wildman–Crippen LogP) is 4.12. The van der Waals surface area contributed by atoms with Gasteiger partial charge in [0.2, 0.25) is 0 Å². The first-order valence-electron chi connectivity index (χ1n) is 5.47. The predicted molar refractivity (Wildman–Crippen MR) is 71.3 cm³/mol. The molecule has 7 heteroatoms. The van der Waals surface area contributed by atoms with Gasteiger partial charge < -0.3 is 5.32 Å². The number of benzene rings is 1. The lowest BCUT2D eigenvalue weighted by Gasteiger charge is -2.12. The highest BCUT2D eigenvalue weighted by molar-refractivity contribution is 9.10. The smallest absolute Gasteiger partial charge is 0.307 e. The van der Waals surface area contributed by atoms with Gasteiger partial charge in [-0.1, -0.05) is 12.1 Å². The number of alkyl halides is 3. The van der Waals surface area contributed by atoms with Gasteiger partial charge in [-0.05, 0) is 40.2 Å². The minimum Gasteiger partial charge on any atom is -0.307 e. The Hall–Kier alpha value is -1.89. The van der Waals surface area contributed by atoms with Gasteiger partial charge in [0.25, 0.3) is 5.91 Å². The highest BCUT2D eigenvalue weighted by Crippen LogP contribution is 2.32. The molecule has 20 heavy (non-hydrogen) atoms. The summed E-state index contributed by atoms with van der Waals surface area (Å²) in [4.78, 5) is 15.8. The van der Waals surface area contributed by atoms with Gasteiger partial charge in [0, 0.05) is 10.7 Å². The maximum absolute atomic E-state index is 12.8. The van der Waals surface area contributed by atoms with Gasteiger partial charge in [-0.15, -0.1) is 0 Å². The van der Waals surface area contributed by atoms with Crippen LogP contribution in [0, 0.1) is 0 Å². The second-order valence-corrected chi connectivity index (χ2v) is 4.77. The van der Waals surface area contributed by atoms with Crippen LogP contribution in [0.3, 0.4) is 0 Å². The third-order valence-corrected chi connectivity index (χ3v) is 2.92. The first-order valence-corrected chi connectivity index (χ1v) is 6.26. The maximum Gasteiger partial charge on any atom is 0.417 e. The van der Waals surface area contributed by atoms with E-state index in [4.69, 9.17) is 0 Å². The van der Waals surface area contributed by atoms with E-state index in [9.17, 15) is 18.0 Å². The van der Waals surface area contributed by atoms with E-state index < -0.39 is 23.2 Å². The summed E-state index contributed by atoms with van der Waals surface area (Å²) >= 11 is 3.17. The van der Waals surface area contributed by atoms with E-state index in [1.807, 2.05) is 0 Å². The standard InChI is InChI=1S/C13H8BrF3N2O/c14-8-5-6-11(18-7-8)19-12(20)9-3-1-2-4-10(9)13(15,16)17/h1-7H,(H,18,19,20). The van der Waals surface area contributed by atoms with Crippen LogP contribution in [-0.4, -0.2) is 10.9 Å². The van der Waals surface area contributed by atoms with Gasteiger partial charge in [0.1, 0.15) is 5.82 Å². The fourth-order valence-electron chi connectivity index (χ4n) is 1.56. The van der Waals surface area contributed by atoms with E-state index in [0.29, 0.717) is 4.47 Å². The average Bonchev–Trinajstić information content (AvgIpc) is 2.40. The molecule has 0 unspecified atom stereocenters. The quantitative estimate of drug-likeness (QED) is 0.890. The second kappa shape index (κ2) is 5.62. The summed E-state index contributed by atoms with van der Waals surface area (Å²) in [6.45, 7) is 0. The minimum absolute atomic E-state index is 0.176. The Kier molecular flexibility index (Phi) is 4.08. The summed E-state index contributed by atoms with van der Waals surface area (Å²) in [5.41, 5.74) is -1.42. The van der Waals surface area contributed by atoms with Crippen molar-refractivity contribution in [3.63, 3.8) is 0 Å². The molecule has 3 nitrogen and oxygen atoms in total. The van der Waals surface area contributed by atoms with Crippen LogP contribution >= 0.6 is 15.9 Å². The summed E-state index contributed by atoms with van der Waals surface area (Å²) in [6, 6.07) is 7.70. The zero-order chi connectivity index (χ0) is 14.8. The molecular weight excluding hydrogens is 337 g/mol. The SMILES string of the molecule is O=C(Nc1ccc(Br)cn1)c1ccccc1C(F)(F)F. The van der Waals surface area contributed by atoms with Crippen molar-refractivity contribution in [1.29, 1.82) is 0 Å². The van der Waals surface area contributed by atoms with Crippen molar-refractivity contribution in [3.8, 4) is 0 Å². The van der Waals surface area contributed by atoms with Crippen molar-refractivity contribution in [3.05, 3.63) is 58.2 Å². The summed E-state index contributed by atoms with van der Waals surface area (Å²) < 4.78 is 39.1. The number of carbonyl (C=O) groups is 1. The number of rotatable bonds is 2. The van der Waals surface area contributed by atoms with Crippen molar-refractivity contribution in [2.75, 3.05) is 5.32 Å². The fourth-order valence-corrected chi connectivity index (χ4v) is 1.80. The van der Waals surface area contributed by atoms with Crippen LogP contribution in [0.4, 0.5) is 19.0 Å². The Morgan fingerprint density at radius 2 is 1.85 bits per heavy atom. The number of halogens is 4. The number of hydrogen-bond acceptors (Lipinski definition) is 2. The molecule has 0 fully saturated rings. The Morgan fingerprint density at radius 1 is 1.15 bits per heavy atom. The Morgan fingerprint density at radius 3 is 2.45 bits per heavy atom. The summed E-state index contributed by atoms with van der Waals surface area (Å²) in [5, 5.41) is 2.33. The van der Waals surface area contributed by atoms with Crippen molar-refractivity contribution in [2.24, 2.45) is 0 Å². The second-order valence-electron chi connectivity index (χ2n) is 3.86. The first kappa shape index (κ1) is 14.5. The number of nitrogens with one attached hydrogen (secondary N) is 1. The zero-order valence-corrected chi connectivity index (χ0v) is 11.5. The number of hydrogen-bond donors (Lipinski definition) is 1. The molecule has 0 bridgehead atoms. The van der Waals surface area contributed by atoms with Crippen LogP contribution in [-0.2, 0) is 6.18 Å². The minimum atomic E-state index is -4.58. The van der Waals surface area contributed by atoms with Crippen molar-refractivity contribution in [1.82, 2.24) is 4.98 Å². The lowest BCUT2D eigenvalue weighted by atomic mass is 10.1. The van der Waals surface area contributed by atoms with E-state index in [2.05, 4.69) is 26.2 Å². The van der Waals surface area contributed by atoms with Crippen LogP contribution in [0.15, 0.2) is 47.1 Å². The Bertz CT molecular complexity index is 626. The van der Waals surface area contributed by atoms with Crippen LogP contribution in [0.25, 0.3) is 0 Å². The molecule has 0 saturated carbocycles. The van der Waals surface area contributed by atoms with Gasteiger partial charge in [0.05, 0.1) is 11.1 Å². The molecule has 2 rings (SSSR count). The number of anilines is 1. The van der Waals surface area contributed by atoms with Gasteiger partial charge in [0.15, 0.2) is 0 Å². The lowest BCUT2D eigenvalue weighted by Crippen LogP contribution is -2.19. The third kappa shape index (κ3) is 3.36. The number of carbonyl (C=O) groups excluding carboxylic acids is 1. The van der Waals surface area contributed by atoms with E-state index in [1.165, 1.54) is 24.4 Å². The highest BCUT2D eigenvalue weighted by atomic mass is 79.9. The third-order valence-electron chi connectivity index (χ3n) is 2.45. The molecule has 104 valence electrons. The molecule has 0 aliphatic heterocycles. The number of amides is 1. The Balaban J connectivity index is 2.28. The van der Waals surface area contributed by atoms with Crippen LogP contribution in [0.2, 0.25) is 0 Å². The first-order chi connectivity index (χ1) is 9.38. The van der Waals surface area contributed by atoms with Crippen molar-refractivity contribution >= 4 is 27.7 Å². The normalized spacial score (nSPS) is 11.2. The highest BCUT2D eigenvalue weighted by Gasteiger charge is 2.34. The fraction of sp³-hybridized carbons (Fsp3) is 0.0769. The number of aromatic nitrogens is 1. The molecule has 1 N–H and O–H groups in total. The molecule has 0 aliphatic rings. The van der Waals surface area contributed by atoms with Gasteiger partial charge in [-0.2, -0.15) is 13.2 Å². The van der Waals surface area contributed by atoms with Crippen LogP contribution < -0.4 is 5.32 Å². The summed E-state index contributed by atoms with van der Waals surface area (Å²) in [5.74, 6) is -0.678. The monoisotopic (exact) mass is 344 g/mol. The summed E-state index contributed by atoms with van der Waals surface area (Å²) in [6.07, 6.45) is -3.15. The molecule has 0 saturated heterocycles. The summed E-state index contributed by atoms with van der Waals surface area (Å²) in [7, 11) is 0. The van der Waals surface area contributed by atoms with E-state index in [-0.39, 0.29) is 5.82 Å². The van der Waals surface area contributed by atoms with Gasteiger partial charge in [-0.3, -0.25) is 4.79 Å². The van der Waals surface area contributed by atoms with Crippen molar-refractivity contribution in [2.45, 2.75) is 6.18 Å². The molecule has 0 aliphatic carbocycles. The maximum atomic E-state index is 12.8. The molecule has 1 aromatic heterocycles. The average molecular weight is 345 g/mol. The lowest BCUT2D eigenvalue weighted by molar-refractivity contribution is -0.137. The zero-order valence-electron chi connectivity index (χ0n) is 9.91. The molecule has 1 aromatic carbocycles. The molecule has 1 heterocycles. The topological polar surface area (TPSA) is 42.0 Å². The molecule has 2 aromatic rings. The molecule has 0 spiro atoms. The Labute approximate surface area is 121 Å². The molecule has 0 atom stereocenters. The van der Waals surface area contributed by atoms with Crippen molar-refractivity contribution < 1.29 is 18.0 Å². The van der Waals surface area contributed by atoms with Crippen LogP contribution in [0.5, 0.6) is 0 Å². The molecular formula is C13H8BrF3N2O. The van der Waals surface area contributed by atoms with E-state index in [1.54, 1.807) is 6.07 Å². The van der Waals surface area contributed by atoms with Gasteiger partial charge >= 0.3 is 6.18 Å². The number of pyridine rings is 1.